The summed E-state index contributed by atoms with van der Waals surface area (Å²) in [6, 6.07) is 3.48. The summed E-state index contributed by atoms with van der Waals surface area (Å²) < 4.78 is 26.4. The first-order chi connectivity index (χ1) is 9.25. The van der Waals surface area contributed by atoms with Crippen molar-refractivity contribution in [2.75, 3.05) is 6.54 Å². The molecule has 1 aromatic carbocycles. The molecule has 7 heteroatoms. The van der Waals surface area contributed by atoms with E-state index >= 15 is 0 Å². The lowest BCUT2D eigenvalue weighted by atomic mass is 10.0. The number of halogens is 1. The van der Waals surface area contributed by atoms with Gasteiger partial charge in [0.1, 0.15) is 6.04 Å². The highest BCUT2D eigenvalue weighted by Gasteiger charge is 2.44. The molecule has 0 saturated carbocycles. The van der Waals surface area contributed by atoms with E-state index in [1.54, 1.807) is 19.9 Å². The van der Waals surface area contributed by atoms with Gasteiger partial charge < -0.3 is 5.11 Å². The van der Waals surface area contributed by atoms with Crippen molar-refractivity contribution in [3.05, 3.63) is 28.8 Å². The number of aryl methyl sites for hydroxylation is 1. The van der Waals surface area contributed by atoms with Gasteiger partial charge in [0.15, 0.2) is 0 Å². The van der Waals surface area contributed by atoms with Gasteiger partial charge in [0.05, 0.1) is 4.90 Å². The molecule has 0 spiro atoms. The third-order valence-electron chi connectivity index (χ3n) is 3.63. The lowest BCUT2D eigenvalue weighted by Crippen LogP contribution is -2.42. The molecule has 20 heavy (non-hydrogen) atoms. The van der Waals surface area contributed by atoms with Crippen LogP contribution in [0.4, 0.5) is 0 Å². The highest BCUT2D eigenvalue weighted by molar-refractivity contribution is 7.89. The Bertz CT molecular complexity index is 644. The molecule has 1 fully saturated rings. The number of carboxylic acids is 1. The number of nitrogens with zero attached hydrogens (tertiary/aromatic N) is 1. The molecule has 0 bridgehead atoms. The summed E-state index contributed by atoms with van der Waals surface area (Å²) in [5, 5.41) is 9.70. The molecule has 1 heterocycles. The van der Waals surface area contributed by atoms with Crippen LogP contribution in [-0.4, -0.2) is 36.4 Å². The van der Waals surface area contributed by atoms with Crippen LogP contribution in [0.25, 0.3) is 0 Å². The van der Waals surface area contributed by atoms with Crippen LogP contribution in [0.1, 0.15) is 18.9 Å². The number of benzene rings is 1. The number of hydrogen-bond acceptors (Lipinski definition) is 3. The summed E-state index contributed by atoms with van der Waals surface area (Å²) in [7, 11) is -3.82. The predicted molar refractivity (Wildman–Crippen MR) is 75.3 cm³/mol. The fraction of sp³-hybridized carbons (Fsp3) is 0.462. The van der Waals surface area contributed by atoms with Gasteiger partial charge in [-0.1, -0.05) is 18.5 Å². The second-order valence-corrected chi connectivity index (χ2v) is 7.37. The Morgan fingerprint density at radius 2 is 2.10 bits per heavy atom. The third kappa shape index (κ3) is 2.55. The quantitative estimate of drug-likeness (QED) is 0.926. The summed E-state index contributed by atoms with van der Waals surface area (Å²) in [4.78, 5) is 11.4. The summed E-state index contributed by atoms with van der Waals surface area (Å²) in [5.41, 5.74) is 0.515. The van der Waals surface area contributed by atoms with E-state index in [9.17, 15) is 18.3 Å². The zero-order valence-corrected chi connectivity index (χ0v) is 12.8. The maximum atomic E-state index is 12.6. The van der Waals surface area contributed by atoms with Gasteiger partial charge in [0.2, 0.25) is 10.0 Å². The van der Waals surface area contributed by atoms with Gasteiger partial charge in [0, 0.05) is 11.6 Å². The Kier molecular flexibility index (Phi) is 4.09. The largest absolute Gasteiger partial charge is 0.480 e. The SMILES string of the molecule is Cc1cc(Cl)ccc1S(=O)(=O)N1CCC(C)C1C(=O)O. The molecule has 1 aromatic rings. The topological polar surface area (TPSA) is 74.7 Å². The van der Waals surface area contributed by atoms with Crippen molar-refractivity contribution < 1.29 is 18.3 Å². The minimum absolute atomic E-state index is 0.113. The molecule has 0 radical (unpaired) electrons. The van der Waals surface area contributed by atoms with Crippen LogP contribution in [0, 0.1) is 12.8 Å². The van der Waals surface area contributed by atoms with Crippen molar-refractivity contribution in [1.82, 2.24) is 4.31 Å². The maximum absolute atomic E-state index is 12.6. The van der Waals surface area contributed by atoms with Crippen LogP contribution in [-0.2, 0) is 14.8 Å². The van der Waals surface area contributed by atoms with Gasteiger partial charge >= 0.3 is 5.97 Å². The Morgan fingerprint density at radius 1 is 1.45 bits per heavy atom. The van der Waals surface area contributed by atoms with E-state index in [-0.39, 0.29) is 17.4 Å². The van der Waals surface area contributed by atoms with Crippen molar-refractivity contribution in [3.63, 3.8) is 0 Å². The zero-order chi connectivity index (χ0) is 15.1. The van der Waals surface area contributed by atoms with Gasteiger partial charge in [-0.2, -0.15) is 4.31 Å². The summed E-state index contributed by atoms with van der Waals surface area (Å²) in [6.07, 6.45) is 0.544. The normalized spacial score (nSPS) is 23.9. The molecule has 1 N–H and O–H groups in total. The monoisotopic (exact) mass is 317 g/mol. The molecule has 0 aliphatic carbocycles. The summed E-state index contributed by atoms with van der Waals surface area (Å²) in [6.45, 7) is 3.62. The molecular weight excluding hydrogens is 302 g/mol. The van der Waals surface area contributed by atoms with Gasteiger partial charge in [-0.15, -0.1) is 0 Å². The third-order valence-corrected chi connectivity index (χ3v) is 5.91. The lowest BCUT2D eigenvalue weighted by Gasteiger charge is -2.23. The number of aliphatic carboxylic acids is 1. The lowest BCUT2D eigenvalue weighted by molar-refractivity contribution is -0.141. The van der Waals surface area contributed by atoms with E-state index in [1.165, 1.54) is 12.1 Å². The Morgan fingerprint density at radius 3 is 2.65 bits per heavy atom. The van der Waals surface area contributed by atoms with Gasteiger partial charge in [-0.25, -0.2) is 8.42 Å². The van der Waals surface area contributed by atoms with Crippen molar-refractivity contribution in [1.29, 1.82) is 0 Å². The molecule has 110 valence electrons. The number of carboxylic acid groups (broad SMARTS) is 1. The maximum Gasteiger partial charge on any atom is 0.322 e. The fourth-order valence-electron chi connectivity index (χ4n) is 2.58. The minimum atomic E-state index is -3.82. The molecule has 5 nitrogen and oxygen atoms in total. The van der Waals surface area contributed by atoms with E-state index in [1.807, 2.05) is 0 Å². The number of carbonyl (C=O) groups is 1. The van der Waals surface area contributed by atoms with E-state index in [2.05, 4.69) is 0 Å². The standard InChI is InChI=1S/C13H16ClNO4S/c1-8-5-6-15(12(8)13(16)17)20(18,19)11-4-3-10(14)7-9(11)2/h3-4,7-8,12H,5-6H2,1-2H3,(H,16,17). The van der Waals surface area contributed by atoms with Crippen LogP contribution in [0.5, 0.6) is 0 Å². The van der Waals surface area contributed by atoms with Gasteiger partial charge in [-0.05, 0) is 43.0 Å². The molecular formula is C13H16ClNO4S. The molecule has 1 saturated heterocycles. The van der Waals surface area contributed by atoms with Crippen LogP contribution >= 0.6 is 11.6 Å². The van der Waals surface area contributed by atoms with Crippen molar-refractivity contribution in [3.8, 4) is 0 Å². The van der Waals surface area contributed by atoms with Crippen LogP contribution in [0.3, 0.4) is 0 Å². The molecule has 0 aromatic heterocycles. The second-order valence-electron chi connectivity index (χ2n) is 5.07. The number of sulfonamides is 1. The highest BCUT2D eigenvalue weighted by atomic mass is 35.5. The Labute approximate surface area is 123 Å². The second kappa shape index (κ2) is 5.35. The van der Waals surface area contributed by atoms with E-state index < -0.39 is 22.0 Å². The van der Waals surface area contributed by atoms with Gasteiger partial charge in [0.25, 0.3) is 0 Å². The van der Waals surface area contributed by atoms with Crippen LogP contribution in [0.15, 0.2) is 23.1 Å². The first-order valence-corrected chi connectivity index (χ1v) is 8.07. The van der Waals surface area contributed by atoms with Crippen molar-refractivity contribution in [2.45, 2.75) is 31.2 Å². The Balaban J connectivity index is 2.47. The fourth-order valence-corrected chi connectivity index (χ4v) is 4.70. The minimum Gasteiger partial charge on any atom is -0.480 e. The van der Waals surface area contributed by atoms with E-state index in [0.29, 0.717) is 17.0 Å². The zero-order valence-electron chi connectivity index (χ0n) is 11.2. The van der Waals surface area contributed by atoms with Crippen LogP contribution in [0.2, 0.25) is 5.02 Å². The summed E-state index contributed by atoms with van der Waals surface area (Å²) in [5.74, 6) is -1.31. The highest BCUT2D eigenvalue weighted by Crippen LogP contribution is 2.32. The van der Waals surface area contributed by atoms with E-state index in [0.717, 1.165) is 4.31 Å². The van der Waals surface area contributed by atoms with E-state index in [4.69, 9.17) is 11.6 Å². The van der Waals surface area contributed by atoms with Crippen molar-refractivity contribution >= 4 is 27.6 Å². The molecule has 2 rings (SSSR count). The molecule has 1 aliphatic heterocycles. The first-order valence-electron chi connectivity index (χ1n) is 6.26. The molecule has 2 atom stereocenters. The Hall–Kier alpha value is -1.11. The van der Waals surface area contributed by atoms with Crippen molar-refractivity contribution in [2.24, 2.45) is 5.92 Å². The summed E-state index contributed by atoms with van der Waals surface area (Å²) >= 11 is 5.83. The average molecular weight is 318 g/mol. The van der Waals surface area contributed by atoms with Crippen LogP contribution < -0.4 is 0 Å². The number of hydrogen-bond donors (Lipinski definition) is 1. The number of rotatable bonds is 3. The first kappa shape index (κ1) is 15.3. The molecule has 2 unspecified atom stereocenters. The average Bonchev–Trinajstić information content (AvgIpc) is 2.71. The predicted octanol–water partition coefficient (Wildman–Crippen LogP) is 2.13. The smallest absolute Gasteiger partial charge is 0.322 e. The molecule has 1 aliphatic rings. The molecule has 0 amide bonds. The van der Waals surface area contributed by atoms with Gasteiger partial charge in [-0.3, -0.25) is 4.79 Å².